The van der Waals surface area contributed by atoms with Crippen molar-refractivity contribution in [1.29, 1.82) is 0 Å². The van der Waals surface area contributed by atoms with Gasteiger partial charge in [-0.05, 0) is 18.6 Å². The minimum Gasteiger partial charge on any atom is -0.471 e. The first-order valence-corrected chi connectivity index (χ1v) is 5.15. The average Bonchev–Trinajstić information content (AvgIpc) is 2.59. The van der Waals surface area contributed by atoms with E-state index in [1.165, 1.54) is 0 Å². The van der Waals surface area contributed by atoms with Crippen LogP contribution < -0.4 is 5.32 Å². The molecule has 0 amide bonds. The van der Waals surface area contributed by atoms with Gasteiger partial charge in [0.25, 0.3) is 0 Å². The Labute approximate surface area is 87.8 Å². The van der Waals surface area contributed by atoms with Crippen molar-refractivity contribution in [3.8, 4) is 0 Å². The molecule has 0 aromatic heterocycles. The predicted molar refractivity (Wildman–Crippen MR) is 53.7 cm³/mol. The molecule has 3 nitrogen and oxygen atoms in total. The number of alkyl halides is 1. The Morgan fingerprint density at radius 1 is 1.71 bits per heavy atom. The summed E-state index contributed by atoms with van der Waals surface area (Å²) in [6, 6.07) is 0. The summed E-state index contributed by atoms with van der Waals surface area (Å²) in [5, 5.41) is 3.08. The van der Waals surface area contributed by atoms with Crippen molar-refractivity contribution in [2.24, 2.45) is 0 Å². The fraction of sp³-hybridized carbons (Fsp3) is 0.500. The molecule has 14 heavy (non-hydrogen) atoms. The van der Waals surface area contributed by atoms with Crippen LogP contribution in [0.15, 0.2) is 23.6 Å². The third-order valence-electron chi connectivity index (χ3n) is 2.36. The first kappa shape index (κ1) is 9.59. The number of rotatable bonds is 2. The van der Waals surface area contributed by atoms with E-state index in [2.05, 4.69) is 5.32 Å². The molecule has 76 valence electrons. The van der Waals surface area contributed by atoms with Crippen LogP contribution in [0.1, 0.15) is 19.8 Å². The number of nitrogens with one attached hydrogen (secondary N) is 1. The molecule has 0 spiro atoms. The van der Waals surface area contributed by atoms with Gasteiger partial charge in [0.2, 0.25) is 0 Å². The van der Waals surface area contributed by atoms with Crippen LogP contribution in [0.25, 0.3) is 0 Å². The van der Waals surface area contributed by atoms with Crippen LogP contribution in [0.2, 0.25) is 0 Å². The fourth-order valence-corrected chi connectivity index (χ4v) is 1.64. The molecule has 0 saturated heterocycles. The highest BCUT2D eigenvalue weighted by molar-refractivity contribution is 6.21. The van der Waals surface area contributed by atoms with Gasteiger partial charge in [0.1, 0.15) is 5.76 Å². The van der Waals surface area contributed by atoms with Gasteiger partial charge >= 0.3 is 0 Å². The maximum Gasteiger partial charge on any atom is 0.186 e. The molecule has 2 rings (SSSR count). The molecule has 1 aliphatic heterocycles. The van der Waals surface area contributed by atoms with Crippen LogP contribution in [0.3, 0.4) is 0 Å². The second kappa shape index (κ2) is 3.65. The Balaban J connectivity index is 2.06. The van der Waals surface area contributed by atoms with Gasteiger partial charge in [0.15, 0.2) is 12.0 Å². The van der Waals surface area contributed by atoms with E-state index in [1.807, 2.05) is 6.92 Å². The van der Waals surface area contributed by atoms with Gasteiger partial charge in [-0.1, -0.05) is 6.92 Å². The van der Waals surface area contributed by atoms with E-state index >= 15 is 0 Å². The van der Waals surface area contributed by atoms with Gasteiger partial charge in [-0.2, -0.15) is 0 Å². The summed E-state index contributed by atoms with van der Waals surface area (Å²) >= 11 is 6.05. The molecule has 0 fully saturated rings. The Hall–Kier alpha value is -0.960. The van der Waals surface area contributed by atoms with Crippen molar-refractivity contribution in [3.63, 3.8) is 0 Å². The highest BCUT2D eigenvalue weighted by Crippen LogP contribution is 2.27. The van der Waals surface area contributed by atoms with Crippen molar-refractivity contribution < 1.29 is 9.53 Å². The van der Waals surface area contributed by atoms with Crippen molar-refractivity contribution in [2.75, 3.05) is 0 Å². The zero-order chi connectivity index (χ0) is 10.1. The smallest absolute Gasteiger partial charge is 0.186 e. The number of carbonyl (C=O) groups is 1. The summed E-state index contributed by atoms with van der Waals surface area (Å²) in [4.78, 5) is 11.1. The molecule has 0 bridgehead atoms. The Bertz CT molecular complexity index is 322. The van der Waals surface area contributed by atoms with E-state index < -0.39 is 0 Å². The van der Waals surface area contributed by atoms with Crippen LogP contribution in [-0.2, 0) is 9.53 Å². The number of carbonyl (C=O) groups excluding carboxylic acids is 1. The first-order chi connectivity index (χ1) is 6.70. The van der Waals surface area contributed by atoms with Crippen LogP contribution in [0.4, 0.5) is 0 Å². The van der Waals surface area contributed by atoms with Gasteiger partial charge in [-0.15, -0.1) is 11.6 Å². The molecule has 0 radical (unpaired) electrons. The minimum atomic E-state index is -0.192. The molecule has 1 heterocycles. The van der Waals surface area contributed by atoms with Crippen LogP contribution >= 0.6 is 11.6 Å². The lowest BCUT2D eigenvalue weighted by Gasteiger charge is -2.16. The van der Waals surface area contributed by atoms with Crippen LogP contribution in [-0.4, -0.2) is 17.4 Å². The highest BCUT2D eigenvalue weighted by Gasteiger charge is 2.30. The van der Waals surface area contributed by atoms with E-state index in [9.17, 15) is 4.79 Å². The number of hydrogen-bond donors (Lipinski definition) is 1. The average molecular weight is 214 g/mol. The number of allylic oxidation sites excluding steroid dienone is 3. The molecular formula is C10H12ClNO2. The van der Waals surface area contributed by atoms with Crippen molar-refractivity contribution in [2.45, 2.75) is 31.4 Å². The minimum absolute atomic E-state index is 0.0656. The summed E-state index contributed by atoms with van der Waals surface area (Å²) in [7, 11) is 0. The molecule has 1 aliphatic carbocycles. The van der Waals surface area contributed by atoms with Crippen molar-refractivity contribution in [1.82, 2.24) is 5.32 Å². The lowest BCUT2D eigenvalue weighted by Crippen LogP contribution is -2.32. The third kappa shape index (κ3) is 1.64. The zero-order valence-electron chi connectivity index (χ0n) is 7.92. The second-order valence-corrected chi connectivity index (χ2v) is 3.98. The van der Waals surface area contributed by atoms with Gasteiger partial charge in [-0.25, -0.2) is 0 Å². The maximum absolute atomic E-state index is 11.1. The molecule has 0 aromatic carbocycles. The molecule has 4 heteroatoms. The SMILES string of the molecule is CCC(Cl)C1NC2=C(CC(=O)C=C2)O1. The van der Waals surface area contributed by atoms with E-state index in [0.717, 1.165) is 17.9 Å². The Kier molecular flexibility index (Phi) is 2.50. The van der Waals surface area contributed by atoms with E-state index in [1.54, 1.807) is 12.2 Å². The van der Waals surface area contributed by atoms with Gasteiger partial charge in [0, 0.05) is 0 Å². The van der Waals surface area contributed by atoms with E-state index in [4.69, 9.17) is 16.3 Å². The third-order valence-corrected chi connectivity index (χ3v) is 2.89. The lowest BCUT2D eigenvalue weighted by molar-refractivity contribution is -0.114. The topological polar surface area (TPSA) is 38.3 Å². The highest BCUT2D eigenvalue weighted by atomic mass is 35.5. The fourth-order valence-electron chi connectivity index (χ4n) is 1.53. The molecule has 2 atom stereocenters. The van der Waals surface area contributed by atoms with E-state index in [-0.39, 0.29) is 17.4 Å². The van der Waals surface area contributed by atoms with Gasteiger partial charge in [-0.3, -0.25) is 4.79 Å². The molecular weight excluding hydrogens is 202 g/mol. The van der Waals surface area contributed by atoms with Crippen molar-refractivity contribution in [3.05, 3.63) is 23.6 Å². The summed E-state index contributed by atoms with van der Waals surface area (Å²) in [6.45, 7) is 2.00. The zero-order valence-corrected chi connectivity index (χ0v) is 8.67. The molecule has 2 unspecified atom stereocenters. The molecule has 2 aliphatic rings. The monoisotopic (exact) mass is 213 g/mol. The lowest BCUT2D eigenvalue weighted by atomic mass is 10.1. The standard InChI is InChI=1S/C10H12ClNO2/c1-2-7(11)10-12-8-4-3-6(13)5-9(8)14-10/h3-4,7,10,12H,2,5H2,1H3. The first-order valence-electron chi connectivity index (χ1n) is 4.72. The summed E-state index contributed by atoms with van der Waals surface area (Å²) in [5.74, 6) is 0.801. The summed E-state index contributed by atoms with van der Waals surface area (Å²) < 4.78 is 5.55. The number of halogens is 1. The Morgan fingerprint density at radius 2 is 2.50 bits per heavy atom. The van der Waals surface area contributed by atoms with Crippen LogP contribution in [0, 0.1) is 0 Å². The normalized spacial score (nSPS) is 27.0. The summed E-state index contributed by atoms with van der Waals surface area (Å²) in [5.41, 5.74) is 0.897. The van der Waals surface area contributed by atoms with Crippen molar-refractivity contribution >= 4 is 17.4 Å². The van der Waals surface area contributed by atoms with Gasteiger partial charge in [0.05, 0.1) is 17.5 Å². The quantitative estimate of drug-likeness (QED) is 0.710. The van der Waals surface area contributed by atoms with Gasteiger partial charge < -0.3 is 10.1 Å². The molecule has 0 aromatic rings. The number of hydrogen-bond acceptors (Lipinski definition) is 3. The molecule has 0 saturated carbocycles. The second-order valence-electron chi connectivity index (χ2n) is 3.42. The largest absolute Gasteiger partial charge is 0.471 e. The number of ketones is 1. The molecule has 1 N–H and O–H groups in total. The van der Waals surface area contributed by atoms with E-state index in [0.29, 0.717) is 6.42 Å². The predicted octanol–water partition coefficient (Wildman–Crippen LogP) is 1.69. The summed E-state index contributed by atoms with van der Waals surface area (Å²) in [6.07, 6.45) is 4.30. The maximum atomic E-state index is 11.1. The Morgan fingerprint density at radius 3 is 3.21 bits per heavy atom. The van der Waals surface area contributed by atoms with Crippen LogP contribution in [0.5, 0.6) is 0 Å². The number of ether oxygens (including phenoxy) is 1.